The molecule has 18 heavy (non-hydrogen) atoms. The van der Waals surface area contributed by atoms with E-state index in [1.165, 1.54) is 18.9 Å². The Balaban J connectivity index is 4.05. The van der Waals surface area contributed by atoms with Crippen molar-refractivity contribution < 1.29 is 14.3 Å². The standard InChI is InChI=1S/C12H24N2O3S/c1-5-9(6-2)14-11(15)8(3)18-7-10(13)12(16)17-4/h8-10H,5-7,13H2,1-4H3,(H,14,15). The van der Waals surface area contributed by atoms with Crippen molar-refractivity contribution in [1.82, 2.24) is 5.32 Å². The van der Waals surface area contributed by atoms with Gasteiger partial charge in [-0.05, 0) is 19.8 Å². The highest BCUT2D eigenvalue weighted by Gasteiger charge is 2.20. The summed E-state index contributed by atoms with van der Waals surface area (Å²) in [6.45, 7) is 5.89. The van der Waals surface area contributed by atoms with Crippen LogP contribution in [0.3, 0.4) is 0 Å². The first-order valence-electron chi connectivity index (χ1n) is 6.21. The molecule has 2 unspecified atom stereocenters. The average molecular weight is 276 g/mol. The monoisotopic (exact) mass is 276 g/mol. The maximum Gasteiger partial charge on any atom is 0.323 e. The Labute approximate surface area is 113 Å². The van der Waals surface area contributed by atoms with E-state index in [1.54, 1.807) is 0 Å². The average Bonchev–Trinajstić information content (AvgIpc) is 2.40. The zero-order valence-corrected chi connectivity index (χ0v) is 12.4. The second-order valence-electron chi connectivity index (χ2n) is 4.13. The van der Waals surface area contributed by atoms with Gasteiger partial charge in [-0.3, -0.25) is 9.59 Å². The molecule has 0 heterocycles. The lowest BCUT2D eigenvalue weighted by Crippen LogP contribution is -2.40. The minimum atomic E-state index is -0.677. The van der Waals surface area contributed by atoms with E-state index in [2.05, 4.69) is 10.1 Å². The number of ether oxygens (including phenoxy) is 1. The van der Waals surface area contributed by atoms with Crippen LogP contribution in [0.25, 0.3) is 0 Å². The Morgan fingerprint density at radius 2 is 1.89 bits per heavy atom. The van der Waals surface area contributed by atoms with Gasteiger partial charge in [0.25, 0.3) is 0 Å². The maximum absolute atomic E-state index is 11.8. The molecule has 0 saturated carbocycles. The number of nitrogens with two attached hydrogens (primary N) is 1. The van der Waals surface area contributed by atoms with Gasteiger partial charge in [-0.1, -0.05) is 13.8 Å². The van der Waals surface area contributed by atoms with Crippen LogP contribution in [0.4, 0.5) is 0 Å². The second kappa shape index (κ2) is 9.22. The number of thioether (sulfide) groups is 1. The molecule has 0 fully saturated rings. The van der Waals surface area contributed by atoms with Gasteiger partial charge >= 0.3 is 5.97 Å². The predicted molar refractivity (Wildman–Crippen MR) is 74.4 cm³/mol. The summed E-state index contributed by atoms with van der Waals surface area (Å²) in [6.07, 6.45) is 1.84. The van der Waals surface area contributed by atoms with E-state index in [1.807, 2.05) is 20.8 Å². The number of nitrogens with one attached hydrogen (secondary N) is 1. The molecular weight excluding hydrogens is 252 g/mol. The topological polar surface area (TPSA) is 81.4 Å². The lowest BCUT2D eigenvalue weighted by atomic mass is 10.2. The molecular formula is C12H24N2O3S. The molecule has 0 aliphatic carbocycles. The summed E-state index contributed by atoms with van der Waals surface area (Å²) in [6, 6.07) is -0.460. The summed E-state index contributed by atoms with van der Waals surface area (Å²) in [5.41, 5.74) is 5.60. The number of methoxy groups -OCH3 is 1. The van der Waals surface area contributed by atoms with E-state index in [0.717, 1.165) is 12.8 Å². The Bertz CT molecular complexity index is 270. The van der Waals surface area contributed by atoms with Crippen LogP contribution < -0.4 is 11.1 Å². The first kappa shape index (κ1) is 17.2. The van der Waals surface area contributed by atoms with Crippen LogP contribution in [0.15, 0.2) is 0 Å². The molecule has 0 aliphatic heterocycles. The largest absolute Gasteiger partial charge is 0.468 e. The third-order valence-corrected chi connectivity index (χ3v) is 4.00. The lowest BCUT2D eigenvalue weighted by Gasteiger charge is -2.19. The molecule has 0 aromatic heterocycles. The fourth-order valence-electron chi connectivity index (χ4n) is 1.35. The molecule has 0 spiro atoms. The van der Waals surface area contributed by atoms with Gasteiger partial charge in [0.1, 0.15) is 6.04 Å². The highest BCUT2D eigenvalue weighted by Crippen LogP contribution is 2.12. The molecule has 6 heteroatoms. The van der Waals surface area contributed by atoms with E-state index in [4.69, 9.17) is 5.73 Å². The van der Waals surface area contributed by atoms with Crippen molar-refractivity contribution in [1.29, 1.82) is 0 Å². The fourth-order valence-corrected chi connectivity index (χ4v) is 2.21. The van der Waals surface area contributed by atoms with Crippen molar-refractivity contribution >= 4 is 23.6 Å². The van der Waals surface area contributed by atoms with Gasteiger partial charge in [-0.15, -0.1) is 11.8 Å². The molecule has 0 aromatic rings. The Hall–Kier alpha value is -0.750. The van der Waals surface area contributed by atoms with Crippen LogP contribution in [0.5, 0.6) is 0 Å². The number of carbonyl (C=O) groups excluding carboxylic acids is 2. The van der Waals surface area contributed by atoms with Crippen LogP contribution in [-0.2, 0) is 14.3 Å². The zero-order valence-electron chi connectivity index (χ0n) is 11.6. The first-order valence-corrected chi connectivity index (χ1v) is 7.26. The van der Waals surface area contributed by atoms with Crippen LogP contribution in [0.2, 0.25) is 0 Å². The maximum atomic E-state index is 11.8. The van der Waals surface area contributed by atoms with Crippen molar-refractivity contribution in [3.63, 3.8) is 0 Å². The number of amides is 1. The van der Waals surface area contributed by atoms with Crippen LogP contribution in [-0.4, -0.2) is 42.1 Å². The zero-order chi connectivity index (χ0) is 14.1. The van der Waals surface area contributed by atoms with Crippen molar-refractivity contribution in [2.45, 2.75) is 50.9 Å². The molecule has 0 radical (unpaired) electrons. The number of carbonyl (C=O) groups is 2. The van der Waals surface area contributed by atoms with Gasteiger partial charge < -0.3 is 15.8 Å². The molecule has 0 saturated heterocycles. The Morgan fingerprint density at radius 3 is 2.33 bits per heavy atom. The number of rotatable bonds is 8. The lowest BCUT2D eigenvalue weighted by molar-refractivity contribution is -0.141. The predicted octanol–water partition coefficient (Wildman–Crippen LogP) is 0.913. The third-order valence-electron chi connectivity index (χ3n) is 2.73. The summed E-state index contributed by atoms with van der Waals surface area (Å²) in [7, 11) is 1.30. The van der Waals surface area contributed by atoms with Crippen molar-refractivity contribution in [3.05, 3.63) is 0 Å². The van der Waals surface area contributed by atoms with Crippen LogP contribution >= 0.6 is 11.8 Å². The molecule has 2 atom stereocenters. The van der Waals surface area contributed by atoms with E-state index in [-0.39, 0.29) is 17.2 Å². The third kappa shape index (κ3) is 6.26. The van der Waals surface area contributed by atoms with Gasteiger partial charge in [0.2, 0.25) is 5.91 Å². The minimum Gasteiger partial charge on any atom is -0.468 e. The minimum absolute atomic E-state index is 0.00855. The van der Waals surface area contributed by atoms with Gasteiger partial charge in [-0.25, -0.2) is 0 Å². The second-order valence-corrected chi connectivity index (χ2v) is 5.50. The van der Waals surface area contributed by atoms with Crippen molar-refractivity contribution in [2.75, 3.05) is 12.9 Å². The summed E-state index contributed by atoms with van der Waals surface area (Å²) in [5.74, 6) is -0.0784. The fraction of sp³-hybridized carbons (Fsp3) is 0.833. The number of hydrogen-bond acceptors (Lipinski definition) is 5. The molecule has 0 bridgehead atoms. The summed E-state index contributed by atoms with van der Waals surface area (Å²) >= 11 is 1.36. The summed E-state index contributed by atoms with van der Waals surface area (Å²) < 4.78 is 4.53. The molecule has 3 N–H and O–H groups in total. The molecule has 1 amide bonds. The first-order chi connectivity index (χ1) is 8.46. The molecule has 0 rings (SSSR count). The summed E-state index contributed by atoms with van der Waals surface area (Å²) in [5, 5.41) is 2.75. The van der Waals surface area contributed by atoms with Gasteiger partial charge in [0.15, 0.2) is 0 Å². The normalized spacial score (nSPS) is 14.1. The Morgan fingerprint density at radius 1 is 1.33 bits per heavy atom. The molecule has 106 valence electrons. The van der Waals surface area contributed by atoms with E-state index in [9.17, 15) is 9.59 Å². The number of hydrogen-bond donors (Lipinski definition) is 2. The van der Waals surface area contributed by atoms with Crippen LogP contribution in [0.1, 0.15) is 33.6 Å². The van der Waals surface area contributed by atoms with Crippen molar-refractivity contribution in [3.8, 4) is 0 Å². The SMILES string of the molecule is CCC(CC)NC(=O)C(C)SCC(N)C(=O)OC. The van der Waals surface area contributed by atoms with Crippen molar-refractivity contribution in [2.24, 2.45) is 5.73 Å². The Kier molecular flexibility index (Phi) is 8.83. The highest BCUT2D eigenvalue weighted by atomic mass is 32.2. The smallest absolute Gasteiger partial charge is 0.323 e. The summed E-state index contributed by atoms with van der Waals surface area (Å²) in [4.78, 5) is 22.9. The highest BCUT2D eigenvalue weighted by molar-refractivity contribution is 8.00. The van der Waals surface area contributed by atoms with Gasteiger partial charge in [0, 0.05) is 11.8 Å². The van der Waals surface area contributed by atoms with E-state index < -0.39 is 12.0 Å². The van der Waals surface area contributed by atoms with Gasteiger partial charge in [0.05, 0.1) is 12.4 Å². The van der Waals surface area contributed by atoms with E-state index in [0.29, 0.717) is 5.75 Å². The molecule has 5 nitrogen and oxygen atoms in total. The number of esters is 1. The quantitative estimate of drug-likeness (QED) is 0.644. The van der Waals surface area contributed by atoms with Gasteiger partial charge in [-0.2, -0.15) is 0 Å². The molecule has 0 aliphatic rings. The van der Waals surface area contributed by atoms with E-state index >= 15 is 0 Å². The van der Waals surface area contributed by atoms with Crippen LogP contribution in [0, 0.1) is 0 Å². The molecule has 0 aromatic carbocycles.